The van der Waals surface area contributed by atoms with Crippen molar-refractivity contribution in [2.75, 3.05) is 37.7 Å². The maximum absolute atomic E-state index is 12.4. The molecule has 1 fully saturated rings. The molecule has 41 heavy (non-hydrogen) atoms. The SMILES string of the molecule is Cn1cc(-c2cnc3nnn(C[C@@H]4CN(c5ncc(C6=CCN(C(=O)OC(C)(C)C)CC6)cn5)CCO4)c3n2)cn1. The van der Waals surface area contributed by atoms with Gasteiger partial charge in [0.15, 0.2) is 5.65 Å². The second kappa shape index (κ2) is 10.8. The van der Waals surface area contributed by atoms with Crippen molar-refractivity contribution in [3.63, 3.8) is 0 Å². The zero-order valence-electron chi connectivity index (χ0n) is 23.6. The van der Waals surface area contributed by atoms with E-state index in [1.807, 2.05) is 52.5 Å². The molecule has 0 saturated carbocycles. The normalized spacial score (nSPS) is 18.0. The van der Waals surface area contributed by atoms with E-state index in [9.17, 15) is 4.79 Å². The Balaban J connectivity index is 1.09. The molecule has 1 atom stereocenters. The highest BCUT2D eigenvalue weighted by molar-refractivity contribution is 5.72. The molecule has 1 amide bonds. The molecule has 4 aromatic rings. The van der Waals surface area contributed by atoms with Gasteiger partial charge in [-0.25, -0.2) is 29.4 Å². The van der Waals surface area contributed by atoms with E-state index in [0.29, 0.717) is 62.3 Å². The van der Waals surface area contributed by atoms with Gasteiger partial charge < -0.3 is 19.3 Å². The summed E-state index contributed by atoms with van der Waals surface area (Å²) in [7, 11) is 1.86. The molecule has 14 nitrogen and oxygen atoms in total. The monoisotopic (exact) mass is 559 g/mol. The number of morpholine rings is 1. The zero-order valence-corrected chi connectivity index (χ0v) is 23.6. The number of fused-ring (bicyclic) bond motifs is 1. The fourth-order valence-electron chi connectivity index (χ4n) is 4.85. The van der Waals surface area contributed by atoms with Gasteiger partial charge in [0.05, 0.1) is 37.3 Å². The average Bonchev–Trinajstić information content (AvgIpc) is 3.58. The summed E-state index contributed by atoms with van der Waals surface area (Å²) in [5.41, 5.74) is 4.23. The molecule has 0 bridgehead atoms. The molecule has 214 valence electrons. The first-order valence-corrected chi connectivity index (χ1v) is 13.6. The minimum Gasteiger partial charge on any atom is -0.444 e. The second-order valence-electron chi connectivity index (χ2n) is 11.2. The first-order chi connectivity index (χ1) is 19.7. The van der Waals surface area contributed by atoms with Gasteiger partial charge in [0, 0.05) is 62.9 Å². The number of amides is 1. The Morgan fingerprint density at radius 3 is 2.63 bits per heavy atom. The van der Waals surface area contributed by atoms with Crippen molar-refractivity contribution in [2.24, 2.45) is 7.05 Å². The van der Waals surface area contributed by atoms with Gasteiger partial charge in [-0.3, -0.25) is 4.68 Å². The first-order valence-electron chi connectivity index (χ1n) is 13.6. The molecule has 0 N–H and O–H groups in total. The van der Waals surface area contributed by atoms with Crippen LogP contribution in [0.25, 0.3) is 28.1 Å². The van der Waals surface area contributed by atoms with Crippen LogP contribution in [0.15, 0.2) is 37.1 Å². The van der Waals surface area contributed by atoms with Crippen LogP contribution in [0.5, 0.6) is 0 Å². The third kappa shape index (κ3) is 6.01. The summed E-state index contributed by atoms with van der Waals surface area (Å²) in [6, 6.07) is 0. The Bertz CT molecular complexity index is 1570. The summed E-state index contributed by atoms with van der Waals surface area (Å²) in [5.74, 6) is 0.649. The Labute approximate surface area is 237 Å². The van der Waals surface area contributed by atoms with Crippen molar-refractivity contribution in [2.45, 2.75) is 45.4 Å². The highest BCUT2D eigenvalue weighted by Gasteiger charge is 2.26. The number of aromatic nitrogens is 9. The molecule has 6 rings (SSSR count). The fourth-order valence-corrected chi connectivity index (χ4v) is 4.85. The van der Waals surface area contributed by atoms with Gasteiger partial charge >= 0.3 is 6.09 Å². The van der Waals surface area contributed by atoms with Crippen LogP contribution in [0, 0.1) is 0 Å². The summed E-state index contributed by atoms with van der Waals surface area (Å²) in [4.78, 5) is 34.7. The minimum atomic E-state index is -0.510. The number of anilines is 1. The van der Waals surface area contributed by atoms with E-state index in [2.05, 4.69) is 35.3 Å². The highest BCUT2D eigenvalue weighted by Crippen LogP contribution is 2.24. The van der Waals surface area contributed by atoms with Gasteiger partial charge in [0.25, 0.3) is 0 Å². The lowest BCUT2D eigenvalue weighted by Crippen LogP contribution is -2.45. The molecule has 1 saturated heterocycles. The number of ether oxygens (including phenoxy) is 2. The molecule has 6 heterocycles. The molecule has 0 spiro atoms. The third-order valence-electron chi connectivity index (χ3n) is 6.90. The van der Waals surface area contributed by atoms with E-state index in [1.54, 1.807) is 26.7 Å². The quantitative estimate of drug-likeness (QED) is 0.356. The lowest BCUT2D eigenvalue weighted by Gasteiger charge is -2.33. The van der Waals surface area contributed by atoms with Gasteiger partial charge in [0.1, 0.15) is 5.60 Å². The fraction of sp³-hybridized carbons (Fsp3) is 0.481. The Hall–Kier alpha value is -4.46. The summed E-state index contributed by atoms with van der Waals surface area (Å²) in [6.07, 6.45) is 11.3. The summed E-state index contributed by atoms with van der Waals surface area (Å²) in [6.45, 7) is 9.01. The lowest BCUT2D eigenvalue weighted by molar-refractivity contribution is 0.0267. The molecule has 4 aromatic heterocycles. The smallest absolute Gasteiger partial charge is 0.410 e. The number of nitrogens with zero attached hydrogens (tertiary/aromatic N) is 11. The predicted octanol–water partition coefficient (Wildman–Crippen LogP) is 2.34. The Kier molecular flexibility index (Phi) is 7.07. The molecule has 0 unspecified atom stereocenters. The summed E-state index contributed by atoms with van der Waals surface area (Å²) < 4.78 is 15.0. The number of rotatable bonds is 5. The summed E-state index contributed by atoms with van der Waals surface area (Å²) >= 11 is 0. The molecule has 0 aromatic carbocycles. The van der Waals surface area contributed by atoms with Crippen LogP contribution in [-0.4, -0.2) is 100 Å². The van der Waals surface area contributed by atoms with Crippen LogP contribution >= 0.6 is 0 Å². The van der Waals surface area contributed by atoms with E-state index >= 15 is 0 Å². The van der Waals surface area contributed by atoms with Crippen LogP contribution in [0.1, 0.15) is 32.8 Å². The molecule has 0 radical (unpaired) electrons. The summed E-state index contributed by atoms with van der Waals surface area (Å²) in [5, 5.41) is 12.7. The van der Waals surface area contributed by atoms with Crippen molar-refractivity contribution in [1.29, 1.82) is 0 Å². The van der Waals surface area contributed by atoms with E-state index < -0.39 is 5.60 Å². The maximum Gasteiger partial charge on any atom is 0.410 e. The van der Waals surface area contributed by atoms with E-state index in [1.165, 1.54) is 0 Å². The maximum atomic E-state index is 12.4. The van der Waals surface area contributed by atoms with E-state index in [4.69, 9.17) is 14.5 Å². The molecular formula is C27H33N11O3. The Morgan fingerprint density at radius 2 is 1.93 bits per heavy atom. The van der Waals surface area contributed by atoms with Crippen molar-refractivity contribution >= 4 is 28.9 Å². The zero-order chi connectivity index (χ0) is 28.6. The number of hydrogen-bond acceptors (Lipinski definition) is 11. The topological polar surface area (TPSA) is 142 Å². The van der Waals surface area contributed by atoms with Crippen LogP contribution in [0.2, 0.25) is 0 Å². The highest BCUT2D eigenvalue weighted by atomic mass is 16.6. The van der Waals surface area contributed by atoms with Crippen LogP contribution < -0.4 is 4.90 Å². The Morgan fingerprint density at radius 1 is 1.10 bits per heavy atom. The van der Waals surface area contributed by atoms with Gasteiger partial charge in [-0.15, -0.1) is 5.10 Å². The molecule has 0 aliphatic carbocycles. The van der Waals surface area contributed by atoms with Gasteiger partial charge in [-0.2, -0.15) is 5.10 Å². The van der Waals surface area contributed by atoms with Crippen LogP contribution in [0.3, 0.4) is 0 Å². The second-order valence-corrected chi connectivity index (χ2v) is 11.2. The van der Waals surface area contributed by atoms with E-state index in [0.717, 1.165) is 23.1 Å². The van der Waals surface area contributed by atoms with Crippen molar-refractivity contribution in [3.05, 3.63) is 42.6 Å². The van der Waals surface area contributed by atoms with Gasteiger partial charge in [-0.05, 0) is 32.8 Å². The van der Waals surface area contributed by atoms with Crippen LogP contribution in [0.4, 0.5) is 10.7 Å². The van der Waals surface area contributed by atoms with Crippen molar-refractivity contribution in [1.82, 2.24) is 49.6 Å². The number of carbonyl (C=O) groups is 1. The molecule has 2 aliphatic heterocycles. The predicted molar refractivity (Wildman–Crippen MR) is 150 cm³/mol. The van der Waals surface area contributed by atoms with Crippen molar-refractivity contribution < 1.29 is 14.3 Å². The lowest BCUT2D eigenvalue weighted by atomic mass is 10.0. The number of aryl methyl sites for hydroxylation is 1. The minimum absolute atomic E-state index is 0.152. The van der Waals surface area contributed by atoms with Gasteiger partial charge in [-0.1, -0.05) is 11.3 Å². The van der Waals surface area contributed by atoms with Gasteiger partial charge in [0.2, 0.25) is 11.6 Å². The molecular weight excluding hydrogens is 526 g/mol. The third-order valence-corrected chi connectivity index (χ3v) is 6.90. The van der Waals surface area contributed by atoms with Crippen LogP contribution in [-0.2, 0) is 23.1 Å². The molecule has 2 aliphatic rings. The number of carbonyl (C=O) groups excluding carboxylic acids is 1. The molecule has 14 heteroatoms. The van der Waals surface area contributed by atoms with Crippen molar-refractivity contribution in [3.8, 4) is 11.3 Å². The first kappa shape index (κ1) is 26.7. The number of hydrogen-bond donors (Lipinski definition) is 0. The average molecular weight is 560 g/mol. The largest absolute Gasteiger partial charge is 0.444 e. The van der Waals surface area contributed by atoms with E-state index in [-0.39, 0.29) is 12.2 Å². The standard InChI is InChI=1S/C27H33N11O3/c1-27(2,3)41-26(39)36-7-5-18(6-8-36)19-11-29-25(30-12-19)37-9-10-40-21(16-37)17-38-24-23(33-34-38)28-14-22(32-24)20-13-31-35(4)15-20/h5,11-15,21H,6-10,16-17H2,1-4H3/t21-/m0/s1.